The maximum Gasteiger partial charge on any atom is 0.272 e. The van der Waals surface area contributed by atoms with E-state index in [0.29, 0.717) is 23.4 Å². The summed E-state index contributed by atoms with van der Waals surface area (Å²) >= 11 is 0. The average molecular weight is 303 g/mol. The first-order chi connectivity index (χ1) is 10.5. The van der Waals surface area contributed by atoms with E-state index in [1.54, 1.807) is 6.92 Å². The van der Waals surface area contributed by atoms with Gasteiger partial charge in [-0.2, -0.15) is 5.10 Å². The van der Waals surface area contributed by atoms with Crippen molar-refractivity contribution in [3.8, 4) is 0 Å². The van der Waals surface area contributed by atoms with Gasteiger partial charge in [0.2, 0.25) is 11.8 Å². The minimum atomic E-state index is -0.0962. The second kappa shape index (κ2) is 5.90. The number of carbonyl (C=O) groups is 1. The van der Waals surface area contributed by atoms with Gasteiger partial charge in [-0.1, -0.05) is 0 Å². The van der Waals surface area contributed by atoms with Crippen molar-refractivity contribution >= 4 is 5.91 Å². The number of amides is 1. The van der Waals surface area contributed by atoms with Crippen molar-refractivity contribution in [2.24, 2.45) is 5.92 Å². The van der Waals surface area contributed by atoms with E-state index in [9.17, 15) is 4.79 Å². The highest BCUT2D eigenvalue weighted by molar-refractivity contribution is 5.94. The molecule has 118 valence electrons. The third kappa shape index (κ3) is 3.03. The molecule has 0 unspecified atom stereocenters. The topological polar surface area (TPSA) is 96.7 Å². The summed E-state index contributed by atoms with van der Waals surface area (Å²) in [4.78, 5) is 12.3. The second-order valence-electron chi connectivity index (χ2n) is 6.09. The molecule has 2 heterocycles. The molecular weight excluding hydrogens is 282 g/mol. The lowest BCUT2D eigenvalue weighted by Gasteiger charge is -2.12. The van der Waals surface area contributed by atoms with Crippen molar-refractivity contribution in [2.75, 3.05) is 0 Å². The number of H-pyrrole nitrogens is 1. The normalized spacial score (nSPS) is 21.2. The van der Waals surface area contributed by atoms with Crippen LogP contribution in [0.4, 0.5) is 0 Å². The highest BCUT2D eigenvalue weighted by Crippen LogP contribution is 2.28. The van der Waals surface area contributed by atoms with Crippen LogP contribution in [0.15, 0.2) is 4.42 Å². The Balaban J connectivity index is 1.54. The zero-order valence-electron chi connectivity index (χ0n) is 13.1. The summed E-state index contributed by atoms with van der Waals surface area (Å²) in [6, 6.07) is 0.193. The van der Waals surface area contributed by atoms with Crippen LogP contribution in [-0.2, 0) is 6.42 Å². The molecule has 2 atom stereocenters. The van der Waals surface area contributed by atoms with Crippen LogP contribution in [0.1, 0.15) is 52.8 Å². The largest absolute Gasteiger partial charge is 0.426 e. The van der Waals surface area contributed by atoms with Gasteiger partial charge in [0.25, 0.3) is 5.91 Å². The minimum absolute atomic E-state index is 0.0962. The Labute approximate surface area is 128 Å². The molecule has 3 rings (SSSR count). The van der Waals surface area contributed by atoms with Crippen LogP contribution in [0.2, 0.25) is 0 Å². The van der Waals surface area contributed by atoms with Crippen molar-refractivity contribution in [3.63, 3.8) is 0 Å². The van der Waals surface area contributed by atoms with E-state index >= 15 is 0 Å². The van der Waals surface area contributed by atoms with Gasteiger partial charge in [-0.3, -0.25) is 9.89 Å². The molecular formula is C15H21N5O2. The summed E-state index contributed by atoms with van der Waals surface area (Å²) in [6.45, 7) is 5.61. The van der Waals surface area contributed by atoms with Crippen LogP contribution >= 0.6 is 0 Å². The van der Waals surface area contributed by atoms with Crippen LogP contribution in [0.25, 0.3) is 0 Å². The number of nitrogens with zero attached hydrogens (tertiary/aromatic N) is 3. The molecule has 0 radical (unpaired) electrons. The van der Waals surface area contributed by atoms with Crippen LogP contribution in [-0.4, -0.2) is 32.3 Å². The maximum absolute atomic E-state index is 12.3. The predicted octanol–water partition coefficient (Wildman–Crippen LogP) is 1.86. The van der Waals surface area contributed by atoms with Gasteiger partial charge in [0.05, 0.1) is 0 Å². The first kappa shape index (κ1) is 14.7. The second-order valence-corrected chi connectivity index (χ2v) is 6.09. The van der Waals surface area contributed by atoms with E-state index in [-0.39, 0.29) is 11.9 Å². The van der Waals surface area contributed by atoms with E-state index in [4.69, 9.17) is 4.42 Å². The van der Waals surface area contributed by atoms with Crippen molar-refractivity contribution in [3.05, 3.63) is 28.7 Å². The molecule has 0 aromatic carbocycles. The Bertz CT molecular complexity index is 675. The van der Waals surface area contributed by atoms with Gasteiger partial charge in [0.1, 0.15) is 0 Å². The van der Waals surface area contributed by atoms with Gasteiger partial charge < -0.3 is 9.73 Å². The zero-order valence-corrected chi connectivity index (χ0v) is 13.1. The Morgan fingerprint density at radius 2 is 2.14 bits per heavy atom. The van der Waals surface area contributed by atoms with Crippen LogP contribution in [0.5, 0.6) is 0 Å². The van der Waals surface area contributed by atoms with E-state index in [0.717, 1.165) is 36.9 Å². The van der Waals surface area contributed by atoms with Crippen molar-refractivity contribution in [2.45, 2.75) is 52.5 Å². The number of aromatic nitrogens is 4. The van der Waals surface area contributed by atoms with E-state index in [2.05, 4.69) is 25.7 Å². The van der Waals surface area contributed by atoms with Gasteiger partial charge in [-0.15, -0.1) is 10.2 Å². The smallest absolute Gasteiger partial charge is 0.272 e. The number of hydrogen-bond donors (Lipinski definition) is 2. The maximum atomic E-state index is 12.3. The minimum Gasteiger partial charge on any atom is -0.426 e. The van der Waals surface area contributed by atoms with Crippen molar-refractivity contribution < 1.29 is 9.21 Å². The molecule has 7 nitrogen and oxygen atoms in total. The number of carbonyl (C=O) groups excluding carboxylic acids is 1. The molecule has 22 heavy (non-hydrogen) atoms. The van der Waals surface area contributed by atoms with E-state index < -0.39 is 0 Å². The molecule has 0 aliphatic heterocycles. The molecule has 2 aromatic rings. The number of rotatable bonds is 4. The molecule has 1 aliphatic rings. The Kier molecular flexibility index (Phi) is 3.96. The summed E-state index contributed by atoms with van der Waals surface area (Å²) in [6.07, 6.45) is 3.76. The lowest BCUT2D eigenvalue weighted by molar-refractivity contribution is 0.0931. The van der Waals surface area contributed by atoms with Gasteiger partial charge in [0, 0.05) is 30.6 Å². The Morgan fingerprint density at radius 3 is 2.77 bits per heavy atom. The van der Waals surface area contributed by atoms with Gasteiger partial charge in [-0.05, 0) is 39.0 Å². The quantitative estimate of drug-likeness (QED) is 0.898. The fourth-order valence-electron chi connectivity index (χ4n) is 3.02. The molecule has 2 N–H and O–H groups in total. The summed E-state index contributed by atoms with van der Waals surface area (Å²) in [5.74, 6) is 1.67. The van der Waals surface area contributed by atoms with Crippen molar-refractivity contribution in [1.29, 1.82) is 0 Å². The first-order valence-electron chi connectivity index (χ1n) is 7.64. The predicted molar refractivity (Wildman–Crippen MR) is 79.4 cm³/mol. The van der Waals surface area contributed by atoms with Crippen molar-refractivity contribution in [1.82, 2.24) is 25.7 Å². The summed E-state index contributed by atoms with van der Waals surface area (Å²) in [5.41, 5.74) is 2.34. The van der Waals surface area contributed by atoms with Gasteiger partial charge in [0.15, 0.2) is 5.69 Å². The molecule has 2 aromatic heterocycles. The highest BCUT2D eigenvalue weighted by Gasteiger charge is 2.28. The average Bonchev–Trinajstić information content (AvgIpc) is 3.15. The first-order valence-corrected chi connectivity index (χ1v) is 7.64. The summed E-state index contributed by atoms with van der Waals surface area (Å²) in [5, 5.41) is 17.9. The lowest BCUT2D eigenvalue weighted by Crippen LogP contribution is -2.33. The SMILES string of the molecule is Cc1nnc(C[C@@H]2CC[C@H](NC(=O)c3n[nH]c(C)c3C)C2)o1. The zero-order chi connectivity index (χ0) is 15.7. The number of aromatic amines is 1. The highest BCUT2D eigenvalue weighted by atomic mass is 16.4. The Hall–Kier alpha value is -2.18. The fraction of sp³-hybridized carbons (Fsp3) is 0.600. The lowest BCUT2D eigenvalue weighted by atomic mass is 10.0. The van der Waals surface area contributed by atoms with Crippen LogP contribution < -0.4 is 5.32 Å². The van der Waals surface area contributed by atoms with E-state index in [1.165, 1.54) is 0 Å². The molecule has 7 heteroatoms. The molecule has 0 bridgehead atoms. The molecule has 1 amide bonds. The summed E-state index contributed by atoms with van der Waals surface area (Å²) in [7, 11) is 0. The molecule has 1 aliphatic carbocycles. The fourth-order valence-corrected chi connectivity index (χ4v) is 3.02. The third-order valence-corrected chi connectivity index (χ3v) is 4.38. The molecule has 0 saturated heterocycles. The van der Waals surface area contributed by atoms with Gasteiger partial charge >= 0.3 is 0 Å². The Morgan fingerprint density at radius 1 is 1.32 bits per heavy atom. The molecule has 0 spiro atoms. The summed E-state index contributed by atoms with van der Waals surface area (Å²) < 4.78 is 5.43. The van der Waals surface area contributed by atoms with Crippen LogP contribution in [0.3, 0.4) is 0 Å². The molecule has 1 fully saturated rings. The monoisotopic (exact) mass is 303 g/mol. The number of nitrogens with one attached hydrogen (secondary N) is 2. The number of aryl methyl sites for hydroxylation is 2. The van der Waals surface area contributed by atoms with Gasteiger partial charge in [-0.25, -0.2) is 0 Å². The molecule has 1 saturated carbocycles. The standard InChI is InChI=1S/C15H21N5O2/c1-8-9(2)17-20-14(8)15(21)16-12-5-4-11(6-12)7-13-19-18-10(3)22-13/h11-12H,4-7H2,1-3H3,(H,16,21)(H,17,20)/t11-,12+/m1/s1. The van der Waals surface area contributed by atoms with Crippen LogP contribution in [0, 0.1) is 26.7 Å². The number of hydrogen-bond acceptors (Lipinski definition) is 5. The third-order valence-electron chi connectivity index (χ3n) is 4.38. The van der Waals surface area contributed by atoms with E-state index in [1.807, 2.05) is 13.8 Å².